The van der Waals surface area contributed by atoms with E-state index in [1.165, 1.54) is 0 Å². The van der Waals surface area contributed by atoms with Crippen molar-refractivity contribution in [3.8, 4) is 0 Å². The lowest BCUT2D eigenvalue weighted by Gasteiger charge is -2.09. The van der Waals surface area contributed by atoms with E-state index in [-0.39, 0.29) is 24.6 Å². The Hall–Kier alpha value is -1.11. The van der Waals surface area contributed by atoms with E-state index in [0.717, 1.165) is 0 Å². The highest BCUT2D eigenvalue weighted by atomic mass is 19.4. The van der Waals surface area contributed by atoms with E-state index in [2.05, 4.69) is 10.1 Å². The van der Waals surface area contributed by atoms with Gasteiger partial charge in [-0.1, -0.05) is 19.0 Å². The van der Waals surface area contributed by atoms with Crippen LogP contribution in [0.2, 0.25) is 0 Å². The zero-order valence-electron chi connectivity index (χ0n) is 10.4. The summed E-state index contributed by atoms with van der Waals surface area (Å²) in [5.41, 5.74) is 0. The van der Waals surface area contributed by atoms with Gasteiger partial charge in [0.25, 0.3) is 0 Å². The lowest BCUT2D eigenvalue weighted by atomic mass is 10.0. The Morgan fingerprint density at radius 2 is 2.00 bits per heavy atom. The average Bonchev–Trinajstić information content (AvgIpc) is 2.60. The molecule has 0 bridgehead atoms. The van der Waals surface area contributed by atoms with Gasteiger partial charge in [-0.3, -0.25) is 0 Å². The number of aliphatic hydroxyl groups excluding tert-OH is 1. The van der Waals surface area contributed by atoms with Gasteiger partial charge >= 0.3 is 6.18 Å². The Morgan fingerprint density at radius 1 is 1.33 bits per heavy atom. The van der Waals surface area contributed by atoms with Crippen molar-refractivity contribution in [2.24, 2.45) is 5.92 Å². The standard InChI is InChI=1S/C11H17F3N2O2/c1-7(2)5-8(17)6-10-15-9(16-18-10)3-4-11(12,13)14/h7-8,17H,3-6H2,1-2H3. The van der Waals surface area contributed by atoms with E-state index in [1.54, 1.807) is 0 Å². The quantitative estimate of drug-likeness (QED) is 0.859. The molecule has 0 aliphatic carbocycles. The lowest BCUT2D eigenvalue weighted by Crippen LogP contribution is -2.13. The van der Waals surface area contributed by atoms with Crippen molar-refractivity contribution in [3.05, 3.63) is 11.7 Å². The highest BCUT2D eigenvalue weighted by molar-refractivity contribution is 4.89. The van der Waals surface area contributed by atoms with Crippen LogP contribution in [0.4, 0.5) is 13.2 Å². The fourth-order valence-corrected chi connectivity index (χ4v) is 1.56. The highest BCUT2D eigenvalue weighted by Crippen LogP contribution is 2.21. The van der Waals surface area contributed by atoms with Crippen LogP contribution >= 0.6 is 0 Å². The van der Waals surface area contributed by atoms with Crippen molar-refractivity contribution in [2.75, 3.05) is 0 Å². The van der Waals surface area contributed by atoms with Crippen molar-refractivity contribution in [1.82, 2.24) is 10.1 Å². The Bertz CT molecular complexity index is 363. The summed E-state index contributed by atoms with van der Waals surface area (Å²) in [6.45, 7) is 3.93. The second kappa shape index (κ2) is 6.17. The maximum Gasteiger partial charge on any atom is 0.389 e. The summed E-state index contributed by atoms with van der Waals surface area (Å²) in [4.78, 5) is 3.82. The summed E-state index contributed by atoms with van der Waals surface area (Å²) in [6.07, 6.45) is -5.34. The van der Waals surface area contributed by atoms with Crippen molar-refractivity contribution < 1.29 is 22.8 Å². The molecule has 0 radical (unpaired) electrons. The van der Waals surface area contributed by atoms with Crippen LogP contribution in [0.1, 0.15) is 38.4 Å². The predicted molar refractivity (Wildman–Crippen MR) is 57.8 cm³/mol. The van der Waals surface area contributed by atoms with Crippen molar-refractivity contribution in [1.29, 1.82) is 0 Å². The minimum absolute atomic E-state index is 0.0269. The number of halogens is 3. The molecule has 18 heavy (non-hydrogen) atoms. The molecule has 1 N–H and O–H groups in total. The third-order valence-corrected chi connectivity index (χ3v) is 2.30. The minimum atomic E-state index is -4.22. The Balaban J connectivity index is 2.43. The molecule has 0 amide bonds. The number of hydrogen-bond acceptors (Lipinski definition) is 4. The maximum atomic E-state index is 12.0. The van der Waals surface area contributed by atoms with Gasteiger partial charge in [0.15, 0.2) is 5.82 Å². The van der Waals surface area contributed by atoms with Gasteiger partial charge in [0.1, 0.15) is 0 Å². The molecule has 0 aliphatic rings. The van der Waals surface area contributed by atoms with E-state index in [4.69, 9.17) is 4.52 Å². The summed E-state index contributed by atoms with van der Waals surface area (Å²) in [5, 5.41) is 13.1. The van der Waals surface area contributed by atoms with Crippen LogP contribution in [0.15, 0.2) is 4.52 Å². The molecule has 0 fully saturated rings. The Labute approximate surface area is 103 Å². The molecule has 1 aromatic rings. The first-order chi connectivity index (χ1) is 8.26. The number of rotatable bonds is 6. The summed E-state index contributed by atoms with van der Waals surface area (Å²) in [5.74, 6) is 0.534. The fourth-order valence-electron chi connectivity index (χ4n) is 1.56. The first-order valence-electron chi connectivity index (χ1n) is 5.82. The van der Waals surface area contributed by atoms with Crippen LogP contribution in [-0.2, 0) is 12.8 Å². The molecular formula is C11H17F3N2O2. The van der Waals surface area contributed by atoms with Gasteiger partial charge in [0.05, 0.1) is 18.9 Å². The Kier molecular flexibility index (Phi) is 5.13. The van der Waals surface area contributed by atoms with Crippen molar-refractivity contribution in [2.45, 2.75) is 51.8 Å². The number of aliphatic hydroxyl groups is 1. The van der Waals surface area contributed by atoms with Crippen LogP contribution in [0.3, 0.4) is 0 Å². The van der Waals surface area contributed by atoms with Gasteiger partial charge < -0.3 is 9.63 Å². The summed E-state index contributed by atoms with van der Waals surface area (Å²) >= 11 is 0. The lowest BCUT2D eigenvalue weighted by molar-refractivity contribution is -0.134. The number of aryl methyl sites for hydroxylation is 1. The van der Waals surface area contributed by atoms with Crippen LogP contribution in [0.25, 0.3) is 0 Å². The van der Waals surface area contributed by atoms with Crippen molar-refractivity contribution >= 4 is 0 Å². The van der Waals surface area contributed by atoms with Gasteiger partial charge in [0, 0.05) is 6.42 Å². The molecule has 1 atom stereocenters. The third kappa shape index (κ3) is 6.00. The smallest absolute Gasteiger partial charge is 0.389 e. The number of alkyl halides is 3. The molecule has 0 aliphatic heterocycles. The molecule has 7 heteroatoms. The van der Waals surface area contributed by atoms with Gasteiger partial charge in [-0.25, -0.2) is 0 Å². The maximum absolute atomic E-state index is 12.0. The molecule has 1 unspecified atom stereocenters. The summed E-state index contributed by atoms with van der Waals surface area (Å²) in [7, 11) is 0. The number of hydrogen-bond donors (Lipinski definition) is 1. The van der Waals surface area contributed by atoms with Crippen LogP contribution in [0.5, 0.6) is 0 Å². The molecule has 0 saturated carbocycles. The second-order valence-electron chi connectivity index (χ2n) is 4.71. The predicted octanol–water partition coefficient (Wildman–Crippen LogP) is 2.51. The molecule has 1 rings (SSSR count). The Morgan fingerprint density at radius 3 is 2.56 bits per heavy atom. The van der Waals surface area contributed by atoms with Gasteiger partial charge in [0.2, 0.25) is 5.89 Å². The van der Waals surface area contributed by atoms with E-state index in [0.29, 0.717) is 12.3 Å². The fraction of sp³-hybridized carbons (Fsp3) is 0.818. The SMILES string of the molecule is CC(C)CC(O)Cc1nc(CCC(F)(F)F)no1. The van der Waals surface area contributed by atoms with Gasteiger partial charge in [-0.2, -0.15) is 18.2 Å². The molecule has 0 aromatic carbocycles. The molecule has 4 nitrogen and oxygen atoms in total. The number of aromatic nitrogens is 2. The summed E-state index contributed by atoms with van der Waals surface area (Å²) in [6, 6.07) is 0. The minimum Gasteiger partial charge on any atom is -0.393 e. The molecular weight excluding hydrogens is 249 g/mol. The van der Waals surface area contributed by atoms with E-state index in [1.807, 2.05) is 13.8 Å². The van der Waals surface area contributed by atoms with Crippen LogP contribution in [-0.4, -0.2) is 27.5 Å². The average molecular weight is 266 g/mol. The zero-order chi connectivity index (χ0) is 13.8. The topological polar surface area (TPSA) is 59.2 Å². The number of nitrogens with zero attached hydrogens (tertiary/aromatic N) is 2. The third-order valence-electron chi connectivity index (χ3n) is 2.30. The molecule has 0 saturated heterocycles. The monoisotopic (exact) mass is 266 g/mol. The highest BCUT2D eigenvalue weighted by Gasteiger charge is 2.27. The van der Waals surface area contributed by atoms with Crippen LogP contribution < -0.4 is 0 Å². The zero-order valence-corrected chi connectivity index (χ0v) is 10.4. The largest absolute Gasteiger partial charge is 0.393 e. The first kappa shape index (κ1) is 14.9. The van der Waals surface area contributed by atoms with E-state index in [9.17, 15) is 18.3 Å². The van der Waals surface area contributed by atoms with Crippen molar-refractivity contribution in [3.63, 3.8) is 0 Å². The van der Waals surface area contributed by atoms with Gasteiger partial charge in [-0.05, 0) is 12.3 Å². The molecule has 0 spiro atoms. The van der Waals surface area contributed by atoms with E-state index < -0.39 is 18.7 Å². The molecule has 1 heterocycles. The molecule has 1 aromatic heterocycles. The van der Waals surface area contributed by atoms with Crippen LogP contribution in [0, 0.1) is 5.92 Å². The summed E-state index contributed by atoms with van der Waals surface area (Å²) < 4.78 is 40.7. The molecule has 104 valence electrons. The van der Waals surface area contributed by atoms with E-state index >= 15 is 0 Å². The first-order valence-corrected chi connectivity index (χ1v) is 5.82. The van der Waals surface area contributed by atoms with Gasteiger partial charge in [-0.15, -0.1) is 0 Å². The second-order valence-corrected chi connectivity index (χ2v) is 4.71. The normalized spacial score (nSPS) is 14.2.